The Hall–Kier alpha value is -2.93. The molecule has 176 valence electrons. The Morgan fingerprint density at radius 1 is 1.09 bits per heavy atom. The lowest BCUT2D eigenvalue weighted by atomic mass is 9.77. The van der Waals surface area contributed by atoms with Gasteiger partial charge in [-0.3, -0.25) is 9.59 Å². The number of morpholine rings is 1. The minimum absolute atomic E-state index is 0.0301. The molecule has 2 amide bonds. The highest BCUT2D eigenvalue weighted by molar-refractivity contribution is 5.97. The summed E-state index contributed by atoms with van der Waals surface area (Å²) in [6.45, 7) is 5.40. The van der Waals surface area contributed by atoms with Crippen LogP contribution in [-0.4, -0.2) is 56.1 Å². The molecule has 1 N–H and O–H groups in total. The number of amides is 2. The lowest BCUT2D eigenvalue weighted by Gasteiger charge is -2.34. The molecule has 6 nitrogen and oxygen atoms in total. The average Bonchev–Trinajstić information content (AvgIpc) is 3.34. The molecule has 0 aromatic heterocycles. The van der Waals surface area contributed by atoms with Gasteiger partial charge < -0.3 is 19.9 Å². The molecule has 0 atom stereocenters. The first-order chi connectivity index (χ1) is 16.0. The molecule has 2 aliphatic rings. The van der Waals surface area contributed by atoms with Crippen LogP contribution in [0.4, 0.5) is 15.8 Å². The number of likely N-dealkylation sites (N-methyl/N-ethyl adjacent to an activating group) is 1. The van der Waals surface area contributed by atoms with Gasteiger partial charge in [0, 0.05) is 31.0 Å². The molecule has 2 fully saturated rings. The molecule has 1 aliphatic heterocycles. The molecular formula is C26H32FN3O3. The Labute approximate surface area is 194 Å². The van der Waals surface area contributed by atoms with E-state index in [0.29, 0.717) is 30.6 Å². The van der Waals surface area contributed by atoms with Gasteiger partial charge in [-0.25, -0.2) is 4.39 Å². The molecular weight excluding hydrogens is 421 g/mol. The molecule has 0 radical (unpaired) electrons. The normalized spacial score (nSPS) is 17.6. The lowest BCUT2D eigenvalue weighted by molar-refractivity contribution is -0.139. The number of ether oxygens (including phenoxy) is 1. The van der Waals surface area contributed by atoms with Crippen LogP contribution in [-0.2, 0) is 19.7 Å². The summed E-state index contributed by atoms with van der Waals surface area (Å²) in [7, 11) is 0. The van der Waals surface area contributed by atoms with E-state index in [2.05, 4.69) is 10.2 Å². The summed E-state index contributed by atoms with van der Waals surface area (Å²) >= 11 is 0. The molecule has 1 saturated heterocycles. The van der Waals surface area contributed by atoms with Crippen LogP contribution in [0.3, 0.4) is 0 Å². The highest BCUT2D eigenvalue weighted by Gasteiger charge is 2.45. The van der Waals surface area contributed by atoms with E-state index in [1.165, 1.54) is 12.1 Å². The standard InChI is InChI=1S/C26H32FN3O3/c1-2-29(25(32)26(12-3-4-13-26)20-6-5-7-21(27)18-20)19-24(31)28-22-8-10-23(11-9-22)30-14-16-33-17-15-30/h5-11,18H,2-4,12-17,19H2,1H3,(H,28,31). The van der Waals surface area contributed by atoms with Crippen molar-refractivity contribution in [1.82, 2.24) is 4.90 Å². The summed E-state index contributed by atoms with van der Waals surface area (Å²) in [4.78, 5) is 30.3. The Morgan fingerprint density at radius 3 is 2.42 bits per heavy atom. The number of rotatable bonds is 7. The Kier molecular flexibility index (Phi) is 7.28. The van der Waals surface area contributed by atoms with Crippen molar-refractivity contribution in [3.63, 3.8) is 0 Å². The van der Waals surface area contributed by atoms with Crippen LogP contribution in [0.25, 0.3) is 0 Å². The van der Waals surface area contributed by atoms with E-state index < -0.39 is 5.41 Å². The average molecular weight is 454 g/mol. The third-order valence-corrected chi connectivity index (χ3v) is 6.77. The van der Waals surface area contributed by atoms with E-state index in [9.17, 15) is 14.0 Å². The number of carbonyl (C=O) groups is 2. The molecule has 1 heterocycles. The van der Waals surface area contributed by atoms with Gasteiger partial charge in [0.1, 0.15) is 5.82 Å². The maximum Gasteiger partial charge on any atom is 0.243 e. The van der Waals surface area contributed by atoms with Gasteiger partial charge >= 0.3 is 0 Å². The maximum atomic E-state index is 13.9. The first kappa shape index (κ1) is 23.2. The predicted molar refractivity (Wildman–Crippen MR) is 127 cm³/mol. The van der Waals surface area contributed by atoms with E-state index in [-0.39, 0.29) is 24.2 Å². The SMILES string of the molecule is CCN(CC(=O)Nc1ccc(N2CCOCC2)cc1)C(=O)C1(c2cccc(F)c2)CCCC1. The zero-order chi connectivity index (χ0) is 23.3. The van der Waals surface area contributed by atoms with Crippen molar-refractivity contribution >= 4 is 23.2 Å². The number of hydrogen-bond donors (Lipinski definition) is 1. The van der Waals surface area contributed by atoms with Crippen LogP contribution >= 0.6 is 0 Å². The summed E-state index contributed by atoms with van der Waals surface area (Å²) in [5, 5.41) is 2.91. The molecule has 2 aromatic rings. The summed E-state index contributed by atoms with van der Waals surface area (Å²) in [5.41, 5.74) is 1.75. The number of carbonyl (C=O) groups excluding carboxylic acids is 2. The fraction of sp³-hybridized carbons (Fsp3) is 0.462. The fourth-order valence-corrected chi connectivity index (χ4v) is 4.97. The van der Waals surface area contributed by atoms with Crippen molar-refractivity contribution in [2.45, 2.75) is 38.0 Å². The van der Waals surface area contributed by atoms with E-state index in [4.69, 9.17) is 4.74 Å². The van der Waals surface area contributed by atoms with Gasteiger partial charge in [0.15, 0.2) is 0 Å². The zero-order valence-electron chi connectivity index (χ0n) is 19.2. The summed E-state index contributed by atoms with van der Waals surface area (Å²) in [6, 6.07) is 14.1. The van der Waals surface area contributed by atoms with Crippen molar-refractivity contribution in [1.29, 1.82) is 0 Å². The molecule has 1 saturated carbocycles. The largest absolute Gasteiger partial charge is 0.378 e. The van der Waals surface area contributed by atoms with Gasteiger partial charge in [0.25, 0.3) is 0 Å². The Morgan fingerprint density at radius 2 is 1.79 bits per heavy atom. The molecule has 1 aliphatic carbocycles. The Balaban J connectivity index is 1.42. The van der Waals surface area contributed by atoms with E-state index in [1.54, 1.807) is 11.0 Å². The van der Waals surface area contributed by atoms with E-state index in [0.717, 1.165) is 44.8 Å². The van der Waals surface area contributed by atoms with E-state index >= 15 is 0 Å². The summed E-state index contributed by atoms with van der Waals surface area (Å²) in [6.07, 6.45) is 3.19. The highest BCUT2D eigenvalue weighted by atomic mass is 19.1. The van der Waals surface area contributed by atoms with Gasteiger partial charge in [0.2, 0.25) is 11.8 Å². The molecule has 0 bridgehead atoms. The van der Waals surface area contributed by atoms with Crippen LogP contribution in [0.15, 0.2) is 48.5 Å². The van der Waals surface area contributed by atoms with E-state index in [1.807, 2.05) is 37.3 Å². The van der Waals surface area contributed by atoms with Crippen LogP contribution in [0.5, 0.6) is 0 Å². The van der Waals surface area contributed by atoms with Crippen molar-refractivity contribution in [2.24, 2.45) is 0 Å². The molecule has 33 heavy (non-hydrogen) atoms. The number of halogens is 1. The number of nitrogens with zero attached hydrogens (tertiary/aromatic N) is 2. The van der Waals surface area contributed by atoms with Crippen LogP contribution in [0, 0.1) is 5.82 Å². The minimum Gasteiger partial charge on any atom is -0.378 e. The number of benzene rings is 2. The second-order valence-corrected chi connectivity index (χ2v) is 8.81. The topological polar surface area (TPSA) is 61.9 Å². The monoisotopic (exact) mass is 453 g/mol. The van der Waals surface area contributed by atoms with Gasteiger partial charge in [-0.2, -0.15) is 0 Å². The van der Waals surface area contributed by atoms with Crippen molar-refractivity contribution in [3.8, 4) is 0 Å². The smallest absolute Gasteiger partial charge is 0.243 e. The number of nitrogens with one attached hydrogen (secondary N) is 1. The van der Waals surface area contributed by atoms with Crippen molar-refractivity contribution in [3.05, 3.63) is 59.9 Å². The molecule has 0 spiro atoms. The molecule has 2 aromatic carbocycles. The van der Waals surface area contributed by atoms with Gasteiger partial charge in [-0.05, 0) is 61.7 Å². The third-order valence-electron chi connectivity index (χ3n) is 6.77. The maximum absolute atomic E-state index is 13.9. The van der Waals surface area contributed by atoms with Gasteiger partial charge in [0.05, 0.1) is 25.2 Å². The minimum atomic E-state index is -0.752. The van der Waals surface area contributed by atoms with Gasteiger partial charge in [-0.15, -0.1) is 0 Å². The first-order valence-electron chi connectivity index (χ1n) is 11.8. The molecule has 7 heteroatoms. The van der Waals surface area contributed by atoms with Crippen LogP contribution in [0.1, 0.15) is 38.2 Å². The molecule has 4 rings (SSSR count). The first-order valence-corrected chi connectivity index (χ1v) is 11.8. The third kappa shape index (κ3) is 5.19. The zero-order valence-corrected chi connectivity index (χ0v) is 19.2. The summed E-state index contributed by atoms with van der Waals surface area (Å²) in [5.74, 6) is -0.671. The van der Waals surface area contributed by atoms with Crippen molar-refractivity contribution in [2.75, 3.05) is 49.6 Å². The lowest BCUT2D eigenvalue weighted by Crippen LogP contribution is -2.48. The fourth-order valence-electron chi connectivity index (χ4n) is 4.97. The van der Waals surface area contributed by atoms with Gasteiger partial charge in [-0.1, -0.05) is 25.0 Å². The highest BCUT2D eigenvalue weighted by Crippen LogP contribution is 2.42. The second kappa shape index (κ2) is 10.3. The molecule has 0 unspecified atom stereocenters. The Bertz CT molecular complexity index is 967. The van der Waals surface area contributed by atoms with Crippen molar-refractivity contribution < 1.29 is 18.7 Å². The quantitative estimate of drug-likeness (QED) is 0.689. The summed E-state index contributed by atoms with van der Waals surface area (Å²) < 4.78 is 19.3. The number of anilines is 2. The number of hydrogen-bond acceptors (Lipinski definition) is 4. The predicted octanol–water partition coefficient (Wildman–Crippen LogP) is 3.96. The second-order valence-electron chi connectivity index (χ2n) is 8.81. The van der Waals surface area contributed by atoms with Crippen LogP contribution in [0.2, 0.25) is 0 Å². The van der Waals surface area contributed by atoms with Crippen LogP contribution < -0.4 is 10.2 Å².